The van der Waals surface area contributed by atoms with Crippen molar-refractivity contribution in [1.82, 2.24) is 4.90 Å². The minimum absolute atomic E-state index is 0.0117. The zero-order chi connectivity index (χ0) is 17.0. The summed E-state index contributed by atoms with van der Waals surface area (Å²) in [7, 11) is 1.45. The van der Waals surface area contributed by atoms with Gasteiger partial charge in [-0.05, 0) is 26.0 Å². The van der Waals surface area contributed by atoms with Crippen LogP contribution in [0.15, 0.2) is 18.2 Å². The second kappa shape index (κ2) is 7.32. The highest BCUT2D eigenvalue weighted by Gasteiger charge is 2.26. The van der Waals surface area contributed by atoms with Crippen molar-refractivity contribution in [3.63, 3.8) is 0 Å². The molecule has 1 fully saturated rings. The van der Waals surface area contributed by atoms with E-state index in [1.54, 1.807) is 4.90 Å². The van der Waals surface area contributed by atoms with Gasteiger partial charge in [-0.1, -0.05) is 0 Å². The Morgan fingerprint density at radius 3 is 2.52 bits per heavy atom. The molecular weight excluding hydrogens is 302 g/mol. The molecule has 23 heavy (non-hydrogen) atoms. The van der Waals surface area contributed by atoms with Gasteiger partial charge in [0.05, 0.1) is 19.3 Å². The standard InChI is InChI=1S/C16H21NO6/c1-10-7-17(8-11(2)23-10)15(19)9-22-16(20)13-5-4-12(21-3)6-14(13)18/h4-6,10-11,18H,7-9H2,1-3H3/t10-,11-/m1/s1. The highest BCUT2D eigenvalue weighted by molar-refractivity contribution is 5.94. The summed E-state index contributed by atoms with van der Waals surface area (Å²) >= 11 is 0. The Kier molecular flexibility index (Phi) is 5.44. The van der Waals surface area contributed by atoms with E-state index >= 15 is 0 Å². The number of carbonyl (C=O) groups is 2. The van der Waals surface area contributed by atoms with E-state index in [1.807, 2.05) is 13.8 Å². The zero-order valence-electron chi connectivity index (χ0n) is 13.4. The van der Waals surface area contributed by atoms with Gasteiger partial charge >= 0.3 is 5.97 Å². The highest BCUT2D eigenvalue weighted by atomic mass is 16.5. The number of phenols is 1. The summed E-state index contributed by atoms with van der Waals surface area (Å²) in [4.78, 5) is 25.7. The van der Waals surface area contributed by atoms with E-state index in [2.05, 4.69) is 0 Å². The molecule has 0 bridgehead atoms. The fourth-order valence-electron chi connectivity index (χ4n) is 2.49. The number of rotatable bonds is 4. The van der Waals surface area contributed by atoms with Gasteiger partial charge in [-0.15, -0.1) is 0 Å². The van der Waals surface area contributed by atoms with E-state index in [4.69, 9.17) is 14.2 Å². The first-order chi connectivity index (χ1) is 10.9. The number of phenolic OH excluding ortho intramolecular Hbond substituents is 1. The topological polar surface area (TPSA) is 85.3 Å². The number of benzene rings is 1. The van der Waals surface area contributed by atoms with Crippen LogP contribution in [0.1, 0.15) is 24.2 Å². The molecule has 1 heterocycles. The summed E-state index contributed by atoms with van der Waals surface area (Å²) < 4.78 is 15.5. The number of carbonyl (C=O) groups excluding carboxylic acids is 2. The van der Waals surface area contributed by atoms with Crippen molar-refractivity contribution in [2.24, 2.45) is 0 Å². The number of methoxy groups -OCH3 is 1. The van der Waals surface area contributed by atoms with Gasteiger partial charge in [0, 0.05) is 19.2 Å². The van der Waals surface area contributed by atoms with Gasteiger partial charge in [-0.3, -0.25) is 4.79 Å². The lowest BCUT2D eigenvalue weighted by Gasteiger charge is -2.35. The zero-order valence-corrected chi connectivity index (χ0v) is 13.4. The number of amides is 1. The Balaban J connectivity index is 1.92. The van der Waals surface area contributed by atoms with Gasteiger partial charge in [-0.25, -0.2) is 4.79 Å². The SMILES string of the molecule is COc1ccc(C(=O)OCC(=O)N2C[C@@H](C)O[C@H](C)C2)c(O)c1. The fourth-order valence-corrected chi connectivity index (χ4v) is 2.49. The first-order valence-corrected chi connectivity index (χ1v) is 7.38. The average molecular weight is 323 g/mol. The van der Waals surface area contributed by atoms with E-state index < -0.39 is 5.97 Å². The molecule has 7 heteroatoms. The summed E-state index contributed by atoms with van der Waals surface area (Å²) in [5.74, 6) is -0.872. The van der Waals surface area contributed by atoms with Gasteiger partial charge < -0.3 is 24.2 Å². The smallest absolute Gasteiger partial charge is 0.342 e. The van der Waals surface area contributed by atoms with E-state index in [-0.39, 0.29) is 36.0 Å². The first-order valence-electron chi connectivity index (χ1n) is 7.38. The Hall–Kier alpha value is -2.28. The lowest BCUT2D eigenvalue weighted by Crippen LogP contribution is -2.49. The van der Waals surface area contributed by atoms with Crippen molar-refractivity contribution < 1.29 is 28.9 Å². The highest BCUT2D eigenvalue weighted by Crippen LogP contribution is 2.24. The Morgan fingerprint density at radius 2 is 1.96 bits per heavy atom. The molecule has 0 aliphatic carbocycles. The molecule has 1 aliphatic rings. The molecular formula is C16H21NO6. The van der Waals surface area contributed by atoms with E-state index in [0.29, 0.717) is 18.8 Å². The van der Waals surface area contributed by atoms with Gasteiger partial charge in [0.15, 0.2) is 6.61 Å². The maximum Gasteiger partial charge on any atom is 0.342 e. The molecule has 1 N–H and O–H groups in total. The monoisotopic (exact) mass is 323 g/mol. The molecule has 2 rings (SSSR count). The first kappa shape index (κ1) is 17.1. The Labute approximate surface area is 134 Å². The van der Waals surface area contributed by atoms with E-state index in [1.165, 1.54) is 25.3 Å². The normalized spacial score (nSPS) is 20.9. The predicted molar refractivity (Wildman–Crippen MR) is 81.5 cm³/mol. The van der Waals surface area contributed by atoms with Gasteiger partial charge in [0.25, 0.3) is 5.91 Å². The molecule has 0 aromatic heterocycles. The van der Waals surface area contributed by atoms with Gasteiger partial charge in [-0.2, -0.15) is 0 Å². The number of aromatic hydroxyl groups is 1. The van der Waals surface area contributed by atoms with Crippen LogP contribution in [-0.2, 0) is 14.3 Å². The molecule has 1 amide bonds. The number of esters is 1. The lowest BCUT2D eigenvalue weighted by molar-refractivity contribution is -0.146. The summed E-state index contributed by atoms with van der Waals surface area (Å²) in [5.41, 5.74) is -0.0117. The van der Waals surface area contributed by atoms with Crippen molar-refractivity contribution in [2.45, 2.75) is 26.1 Å². The summed E-state index contributed by atoms with van der Waals surface area (Å²) in [5, 5.41) is 9.78. The molecule has 0 spiro atoms. The number of ether oxygens (including phenoxy) is 3. The third-order valence-corrected chi connectivity index (χ3v) is 3.52. The minimum atomic E-state index is -0.757. The maximum absolute atomic E-state index is 12.1. The second-order valence-corrected chi connectivity index (χ2v) is 5.52. The number of morpholine rings is 1. The number of nitrogens with zero attached hydrogens (tertiary/aromatic N) is 1. The van der Waals surface area contributed by atoms with E-state index in [9.17, 15) is 14.7 Å². The van der Waals surface area contributed by atoms with Crippen LogP contribution in [-0.4, -0.2) is 60.9 Å². The number of hydrogen-bond donors (Lipinski definition) is 1. The van der Waals surface area contributed by atoms with Crippen molar-refractivity contribution in [3.8, 4) is 11.5 Å². The van der Waals surface area contributed by atoms with Crippen LogP contribution in [0.2, 0.25) is 0 Å². The van der Waals surface area contributed by atoms with Crippen LogP contribution >= 0.6 is 0 Å². The molecule has 1 aliphatic heterocycles. The molecule has 1 aromatic carbocycles. The molecule has 1 saturated heterocycles. The van der Waals surface area contributed by atoms with Crippen molar-refractivity contribution in [3.05, 3.63) is 23.8 Å². The molecule has 1 aromatic rings. The van der Waals surface area contributed by atoms with Crippen molar-refractivity contribution in [2.75, 3.05) is 26.8 Å². The summed E-state index contributed by atoms with van der Waals surface area (Å²) in [6.07, 6.45) is -0.104. The Morgan fingerprint density at radius 1 is 1.30 bits per heavy atom. The van der Waals surface area contributed by atoms with Crippen molar-refractivity contribution in [1.29, 1.82) is 0 Å². The third kappa shape index (κ3) is 4.35. The average Bonchev–Trinajstić information content (AvgIpc) is 2.51. The van der Waals surface area contributed by atoms with Crippen LogP contribution < -0.4 is 4.74 Å². The molecule has 0 radical (unpaired) electrons. The maximum atomic E-state index is 12.1. The molecule has 0 unspecified atom stereocenters. The van der Waals surface area contributed by atoms with Crippen LogP contribution in [0.4, 0.5) is 0 Å². The quantitative estimate of drug-likeness (QED) is 0.838. The summed E-state index contributed by atoms with van der Waals surface area (Å²) in [6.45, 7) is 4.33. The molecule has 0 saturated carbocycles. The molecule has 2 atom stereocenters. The van der Waals surface area contributed by atoms with Gasteiger partial charge in [0.2, 0.25) is 0 Å². The van der Waals surface area contributed by atoms with Crippen LogP contribution in [0.3, 0.4) is 0 Å². The minimum Gasteiger partial charge on any atom is -0.507 e. The number of hydrogen-bond acceptors (Lipinski definition) is 6. The van der Waals surface area contributed by atoms with Crippen molar-refractivity contribution >= 4 is 11.9 Å². The molecule has 126 valence electrons. The van der Waals surface area contributed by atoms with E-state index in [0.717, 1.165) is 0 Å². The van der Waals surface area contributed by atoms with Crippen LogP contribution in [0.5, 0.6) is 11.5 Å². The fraction of sp³-hybridized carbons (Fsp3) is 0.500. The molecule has 7 nitrogen and oxygen atoms in total. The summed E-state index contributed by atoms with van der Waals surface area (Å²) in [6, 6.07) is 4.23. The third-order valence-electron chi connectivity index (χ3n) is 3.52. The lowest BCUT2D eigenvalue weighted by atomic mass is 10.2. The second-order valence-electron chi connectivity index (χ2n) is 5.52. The van der Waals surface area contributed by atoms with Crippen LogP contribution in [0, 0.1) is 0 Å². The largest absolute Gasteiger partial charge is 0.507 e. The Bertz CT molecular complexity index is 578. The predicted octanol–water partition coefficient (Wildman–Crippen LogP) is 1.19. The van der Waals surface area contributed by atoms with Crippen LogP contribution in [0.25, 0.3) is 0 Å². The van der Waals surface area contributed by atoms with Gasteiger partial charge in [0.1, 0.15) is 17.1 Å².